The highest BCUT2D eigenvalue weighted by atomic mass is 16.2. The van der Waals surface area contributed by atoms with Crippen LogP contribution in [0.1, 0.15) is 37.7 Å². The summed E-state index contributed by atoms with van der Waals surface area (Å²) in [5.41, 5.74) is 2.11. The summed E-state index contributed by atoms with van der Waals surface area (Å²) < 4.78 is 0. The summed E-state index contributed by atoms with van der Waals surface area (Å²) >= 11 is 0. The average molecular weight is 329 g/mol. The van der Waals surface area contributed by atoms with Crippen LogP contribution in [0.15, 0.2) is 18.2 Å². The number of hydrogen-bond acceptors (Lipinski definition) is 4. The Morgan fingerprint density at radius 2 is 2.04 bits per heavy atom. The van der Waals surface area contributed by atoms with Gasteiger partial charge in [-0.15, -0.1) is 0 Å². The number of aryl methyl sites for hydroxylation is 1. The van der Waals surface area contributed by atoms with Crippen molar-refractivity contribution in [1.29, 1.82) is 0 Å². The van der Waals surface area contributed by atoms with E-state index >= 15 is 0 Å². The molecule has 2 N–H and O–H groups in total. The molecule has 0 spiro atoms. The van der Waals surface area contributed by atoms with E-state index in [1.807, 2.05) is 13.0 Å². The van der Waals surface area contributed by atoms with E-state index in [2.05, 4.69) is 10.6 Å². The number of nitrogens with zero attached hydrogens (tertiary/aromatic N) is 1. The Balaban J connectivity index is 1.60. The van der Waals surface area contributed by atoms with Crippen LogP contribution in [0.25, 0.3) is 0 Å². The zero-order valence-corrected chi connectivity index (χ0v) is 13.9. The van der Waals surface area contributed by atoms with Crippen LogP contribution in [0.3, 0.4) is 0 Å². The zero-order chi connectivity index (χ0) is 17.1. The molecule has 2 aliphatic rings. The Hall–Kier alpha value is -2.21. The standard InChI is InChI=1S/C18H23N3O3/c1-12-10-14(20-16(22)5-2-13-8-9-19-11-13)3-4-15(12)21-17(23)6-7-18(21)24/h3-4,10,13,19H,2,5-9,11H2,1H3,(H,20,22). The quantitative estimate of drug-likeness (QED) is 0.810. The van der Waals surface area contributed by atoms with Crippen LogP contribution in [0, 0.1) is 12.8 Å². The van der Waals surface area contributed by atoms with Gasteiger partial charge >= 0.3 is 0 Å². The minimum atomic E-state index is -0.162. The third-order valence-electron chi connectivity index (χ3n) is 4.72. The van der Waals surface area contributed by atoms with Gasteiger partial charge in [-0.25, -0.2) is 0 Å². The fraction of sp³-hybridized carbons (Fsp3) is 0.500. The number of nitrogens with one attached hydrogen (secondary N) is 2. The average Bonchev–Trinajstić information content (AvgIpc) is 3.17. The Bertz CT molecular complexity index is 649. The smallest absolute Gasteiger partial charge is 0.234 e. The van der Waals surface area contributed by atoms with E-state index in [-0.39, 0.29) is 30.6 Å². The fourth-order valence-corrected chi connectivity index (χ4v) is 3.35. The summed E-state index contributed by atoms with van der Waals surface area (Å²) in [5, 5.41) is 6.20. The second kappa shape index (κ2) is 7.13. The molecule has 128 valence electrons. The minimum absolute atomic E-state index is 0.00220. The van der Waals surface area contributed by atoms with Crippen molar-refractivity contribution in [1.82, 2.24) is 5.32 Å². The third-order valence-corrected chi connectivity index (χ3v) is 4.72. The molecule has 0 saturated carbocycles. The molecule has 2 fully saturated rings. The number of carbonyl (C=O) groups is 3. The van der Waals surface area contributed by atoms with Gasteiger partial charge in [-0.1, -0.05) is 0 Å². The van der Waals surface area contributed by atoms with Crippen molar-refractivity contribution < 1.29 is 14.4 Å². The second-order valence-corrected chi connectivity index (χ2v) is 6.57. The van der Waals surface area contributed by atoms with E-state index in [0.717, 1.165) is 31.5 Å². The number of carbonyl (C=O) groups excluding carboxylic acids is 3. The van der Waals surface area contributed by atoms with Gasteiger partial charge in [-0.05, 0) is 62.5 Å². The van der Waals surface area contributed by atoms with E-state index in [4.69, 9.17) is 0 Å². The molecule has 2 heterocycles. The van der Waals surface area contributed by atoms with Crippen molar-refractivity contribution in [2.45, 2.75) is 39.0 Å². The van der Waals surface area contributed by atoms with E-state index in [1.165, 1.54) is 4.90 Å². The van der Waals surface area contributed by atoms with E-state index in [0.29, 0.717) is 23.7 Å². The first-order chi connectivity index (χ1) is 11.5. The molecule has 2 saturated heterocycles. The van der Waals surface area contributed by atoms with Crippen molar-refractivity contribution in [3.8, 4) is 0 Å². The Morgan fingerprint density at radius 3 is 2.67 bits per heavy atom. The number of hydrogen-bond donors (Lipinski definition) is 2. The maximum Gasteiger partial charge on any atom is 0.234 e. The number of amides is 3. The monoisotopic (exact) mass is 329 g/mol. The van der Waals surface area contributed by atoms with Crippen LogP contribution in [0.4, 0.5) is 11.4 Å². The largest absolute Gasteiger partial charge is 0.326 e. The summed E-state index contributed by atoms with van der Waals surface area (Å²) in [6.45, 7) is 3.88. The summed E-state index contributed by atoms with van der Waals surface area (Å²) in [4.78, 5) is 37.0. The molecular weight excluding hydrogens is 306 g/mol. The van der Waals surface area contributed by atoms with Gasteiger partial charge in [0.15, 0.2) is 0 Å². The summed E-state index contributed by atoms with van der Waals surface area (Å²) in [6.07, 6.45) is 3.08. The lowest BCUT2D eigenvalue weighted by Crippen LogP contribution is -2.29. The lowest BCUT2D eigenvalue weighted by molar-refractivity contribution is -0.121. The molecular formula is C18H23N3O3. The van der Waals surface area contributed by atoms with Crippen LogP contribution in [-0.2, 0) is 14.4 Å². The van der Waals surface area contributed by atoms with E-state index in [1.54, 1.807) is 12.1 Å². The minimum Gasteiger partial charge on any atom is -0.326 e. The summed E-state index contributed by atoms with van der Waals surface area (Å²) in [7, 11) is 0. The predicted molar refractivity (Wildman–Crippen MR) is 91.7 cm³/mol. The maximum absolute atomic E-state index is 12.1. The van der Waals surface area contributed by atoms with Gasteiger partial charge in [0.2, 0.25) is 17.7 Å². The van der Waals surface area contributed by atoms with Crippen molar-refractivity contribution in [2.75, 3.05) is 23.3 Å². The highest BCUT2D eigenvalue weighted by Gasteiger charge is 2.31. The molecule has 2 aliphatic heterocycles. The molecule has 1 aromatic rings. The molecule has 6 nitrogen and oxygen atoms in total. The number of anilines is 2. The Kier molecular flexibility index (Phi) is 4.94. The summed E-state index contributed by atoms with van der Waals surface area (Å²) in [6, 6.07) is 5.28. The van der Waals surface area contributed by atoms with Gasteiger partial charge in [-0.2, -0.15) is 0 Å². The molecule has 0 aromatic heterocycles. The zero-order valence-electron chi connectivity index (χ0n) is 13.9. The topological polar surface area (TPSA) is 78.5 Å². The van der Waals surface area contributed by atoms with Gasteiger partial charge in [-0.3, -0.25) is 19.3 Å². The van der Waals surface area contributed by atoms with Crippen LogP contribution in [-0.4, -0.2) is 30.8 Å². The molecule has 0 bridgehead atoms. The fourth-order valence-electron chi connectivity index (χ4n) is 3.35. The molecule has 6 heteroatoms. The van der Waals surface area contributed by atoms with Gasteiger partial charge in [0, 0.05) is 24.9 Å². The van der Waals surface area contributed by atoms with Crippen LogP contribution in [0.2, 0.25) is 0 Å². The molecule has 1 unspecified atom stereocenters. The van der Waals surface area contributed by atoms with Gasteiger partial charge in [0.05, 0.1) is 5.69 Å². The second-order valence-electron chi connectivity index (χ2n) is 6.57. The predicted octanol–water partition coefficient (Wildman–Crippen LogP) is 1.98. The van der Waals surface area contributed by atoms with E-state index < -0.39 is 0 Å². The van der Waals surface area contributed by atoms with Crippen LogP contribution < -0.4 is 15.5 Å². The maximum atomic E-state index is 12.1. The number of rotatable bonds is 5. The molecule has 0 aliphatic carbocycles. The number of imide groups is 1. The summed E-state index contributed by atoms with van der Waals surface area (Å²) in [5.74, 6) is 0.268. The molecule has 24 heavy (non-hydrogen) atoms. The van der Waals surface area contributed by atoms with Crippen molar-refractivity contribution in [2.24, 2.45) is 5.92 Å². The SMILES string of the molecule is Cc1cc(NC(=O)CCC2CCNC2)ccc1N1C(=O)CCC1=O. The molecule has 3 rings (SSSR count). The highest BCUT2D eigenvalue weighted by Crippen LogP contribution is 2.28. The Morgan fingerprint density at radius 1 is 1.29 bits per heavy atom. The lowest BCUT2D eigenvalue weighted by Gasteiger charge is -2.17. The lowest BCUT2D eigenvalue weighted by atomic mass is 10.0. The Labute approximate surface area is 141 Å². The first-order valence-corrected chi connectivity index (χ1v) is 8.51. The molecule has 0 radical (unpaired) electrons. The van der Waals surface area contributed by atoms with Crippen molar-refractivity contribution in [3.05, 3.63) is 23.8 Å². The highest BCUT2D eigenvalue weighted by molar-refractivity contribution is 6.20. The number of benzene rings is 1. The van der Waals surface area contributed by atoms with Crippen molar-refractivity contribution in [3.63, 3.8) is 0 Å². The van der Waals surface area contributed by atoms with E-state index in [9.17, 15) is 14.4 Å². The normalized spacial score (nSPS) is 20.7. The van der Waals surface area contributed by atoms with Crippen LogP contribution in [0.5, 0.6) is 0 Å². The van der Waals surface area contributed by atoms with Gasteiger partial charge in [0.1, 0.15) is 0 Å². The first-order valence-electron chi connectivity index (χ1n) is 8.51. The molecule has 3 amide bonds. The van der Waals surface area contributed by atoms with Crippen LogP contribution >= 0.6 is 0 Å². The molecule has 1 aromatic carbocycles. The first kappa shape index (κ1) is 16.6. The van der Waals surface area contributed by atoms with Crippen molar-refractivity contribution >= 4 is 29.1 Å². The van der Waals surface area contributed by atoms with Gasteiger partial charge < -0.3 is 10.6 Å². The third kappa shape index (κ3) is 3.64. The van der Waals surface area contributed by atoms with Gasteiger partial charge in [0.25, 0.3) is 0 Å². The molecule has 1 atom stereocenters.